The molecule has 0 bridgehead atoms. The first-order chi connectivity index (χ1) is 69.5. The smallest absolute Gasteiger partial charge is 0.217 e. The van der Waals surface area contributed by atoms with Gasteiger partial charge in [-0.2, -0.15) is 0 Å². The fourth-order valence-electron chi connectivity index (χ4n) is 19.2. The molecule has 5 amide bonds. The molecule has 65 heteroatoms. The number of carbonyl (C=O) groups excluding carboxylic acids is 5. The Morgan fingerprint density at radius 2 is 0.429 bits per heavy atom. The van der Waals surface area contributed by atoms with Crippen molar-refractivity contribution >= 4 is 29.5 Å². The van der Waals surface area contributed by atoms with Gasteiger partial charge in [0.1, 0.15) is 287 Å². The van der Waals surface area contributed by atoms with Crippen LogP contribution in [0.5, 0.6) is 0 Å². The minimum atomic E-state index is -2.75. The van der Waals surface area contributed by atoms with Crippen LogP contribution in [0, 0.1) is 0 Å². The number of hydrogen-bond donors (Lipinski definition) is 37. The molecule has 12 fully saturated rings. The number of carbonyl (C=O) groups is 5. The summed E-state index contributed by atoms with van der Waals surface area (Å²) < 4.78 is 139. The highest BCUT2D eigenvalue weighted by Crippen LogP contribution is 2.43. The number of ether oxygens (including phenoxy) is 23. The minimum Gasteiger partial charge on any atom is -0.394 e. The number of hydrogen-bond acceptors (Lipinski definition) is 60. The van der Waals surface area contributed by atoms with Crippen LogP contribution in [0.15, 0.2) is 0 Å². The normalized spacial score (nSPS) is 49.6. The maximum absolute atomic E-state index is 13.8. The molecule has 65 nitrogen and oxygen atoms in total. The van der Waals surface area contributed by atoms with Gasteiger partial charge < -0.3 is 299 Å². The zero-order valence-corrected chi connectivity index (χ0v) is 79.2. The molecule has 0 radical (unpaired) electrons. The minimum absolute atomic E-state index is 0.841. The summed E-state index contributed by atoms with van der Waals surface area (Å²) in [5, 5.41) is 374. The van der Waals surface area contributed by atoms with Gasteiger partial charge in [-0.3, -0.25) is 24.0 Å². The summed E-state index contributed by atoms with van der Waals surface area (Å²) in [7, 11) is 0. The van der Waals surface area contributed by atoms with Gasteiger partial charge in [0.05, 0.1) is 78.8 Å². The molecule has 0 aromatic carbocycles. The van der Waals surface area contributed by atoms with Crippen LogP contribution in [0.3, 0.4) is 0 Å². The van der Waals surface area contributed by atoms with Crippen LogP contribution < -0.4 is 26.6 Å². The van der Waals surface area contributed by atoms with E-state index in [1.54, 1.807) is 0 Å². The molecule has 1 unspecified atom stereocenters. The number of aliphatic hydroxyl groups is 32. The molecule has 0 spiro atoms. The summed E-state index contributed by atoms with van der Waals surface area (Å²) in [5.41, 5.74) is 0. The predicted molar refractivity (Wildman–Crippen MR) is 452 cm³/mol. The Kier molecular flexibility index (Phi) is 43.4. The zero-order chi connectivity index (χ0) is 108. The highest BCUT2D eigenvalue weighted by atomic mass is 16.8. The lowest BCUT2D eigenvalue weighted by Crippen LogP contribution is -2.71. The lowest BCUT2D eigenvalue weighted by Gasteiger charge is -2.52. The van der Waals surface area contributed by atoms with Crippen LogP contribution in [0.2, 0.25) is 0 Å². The average Bonchev–Trinajstić information content (AvgIpc) is 0.753. The van der Waals surface area contributed by atoms with Gasteiger partial charge in [0.25, 0.3) is 0 Å². The maximum atomic E-state index is 13.8. The van der Waals surface area contributed by atoms with Gasteiger partial charge in [-0.1, -0.05) is 0 Å². The van der Waals surface area contributed by atoms with E-state index < -0.39 is 470 Å². The third-order valence-corrected chi connectivity index (χ3v) is 27.0. The fraction of sp³-hybridized carbons (Fsp3) is 0.939. The molecule has 60 atom stereocenters. The van der Waals surface area contributed by atoms with Crippen molar-refractivity contribution in [2.24, 2.45) is 0 Å². The van der Waals surface area contributed by atoms with Crippen molar-refractivity contribution in [1.29, 1.82) is 0 Å². The quantitative estimate of drug-likeness (QED) is 0.0273. The number of amides is 5. The predicted octanol–water partition coefficient (Wildman–Crippen LogP) is -25.4. The van der Waals surface area contributed by atoms with Gasteiger partial charge in [0.15, 0.2) is 75.5 Å². The Balaban J connectivity index is 0.941. The Morgan fingerprint density at radius 3 is 0.823 bits per heavy atom. The first-order valence-electron chi connectivity index (χ1n) is 47.0. The third-order valence-electron chi connectivity index (χ3n) is 27.0. The molecule has 37 N–H and O–H groups in total. The van der Waals surface area contributed by atoms with E-state index in [1.165, 1.54) is 6.92 Å². The second kappa shape index (κ2) is 52.8. The molecule has 0 aromatic heterocycles. The summed E-state index contributed by atoms with van der Waals surface area (Å²) >= 11 is 0. The highest BCUT2D eigenvalue weighted by molar-refractivity contribution is 5.75. The van der Waals surface area contributed by atoms with E-state index in [2.05, 4.69) is 26.6 Å². The van der Waals surface area contributed by atoms with Crippen LogP contribution in [0.1, 0.15) is 41.5 Å². The van der Waals surface area contributed by atoms with Crippen molar-refractivity contribution in [3.05, 3.63) is 0 Å². The van der Waals surface area contributed by atoms with Crippen molar-refractivity contribution in [3.63, 3.8) is 0 Å². The summed E-state index contributed by atoms with van der Waals surface area (Å²) in [6.45, 7) is -7.33. The van der Waals surface area contributed by atoms with Crippen LogP contribution >= 0.6 is 0 Å². The standard InChI is InChI=1S/C82H137N5O60/c1-18-40(102)51(113)57(119)76(127-18)144-67-39(87-23(6)101)75(136-32(15-96)66(67)143-79-60(122)54(116)43(105)26(9-90)131-79)146-69-56(118)45(107)33(16-125-72-36(84-20(3)98)48(110)63(29(12-93)133-72)140-77-58(120)52(114)41(103)24(7-88)129-77)138-81(69)126-17-34-46(108)68(61(123)80(137-34)142-65-31(14-95)134-73(37(49(65)111)85-21(4)99)139-62-28(11-92)128-71(124)35(47(62)109)83-19(2)97)145-82-70(55(117)44(106)27(10-91)132-82)147-74-38(86-22(5)100)50(112)64(30(13-94)135-74)141-78-59(121)53(115)42(104)25(8-89)130-78/h18,24-82,88-96,102-124H,7-17H2,1-6H3,(H,83,97)(H,84,98)(H,85,99)(H,86,100)(H,87,101)/t18-,24+,25+,26+,27+,28+,29+,30+,31+,32+,33+,34+,35+,36+,37+,38+,39+,40+,41-,42-,43-,44+,45+,46+,47+,48-,49+,50+,51+,52-,53-,54-,55-,56-,57-,58+,59+,60+,61-,62+,63+,64+,65+,66+,67+,68-,69-,70-,71?,72+,73-,74-,75-,76-,77-,78-,79-,80-,81-,82+/m0/s1. The van der Waals surface area contributed by atoms with Gasteiger partial charge in [0, 0.05) is 34.6 Å². The van der Waals surface area contributed by atoms with E-state index in [1.807, 2.05) is 0 Å². The topological polar surface area (TPSA) is 1010 Å². The molecular formula is C82H137N5O60. The molecule has 12 aliphatic heterocycles. The Labute approximate surface area is 832 Å². The summed E-state index contributed by atoms with van der Waals surface area (Å²) in [5.74, 6) is -4.95. The summed E-state index contributed by atoms with van der Waals surface area (Å²) in [6, 6.07) is -9.93. The lowest BCUT2D eigenvalue weighted by molar-refractivity contribution is -0.401. The largest absolute Gasteiger partial charge is 0.394 e. The zero-order valence-electron chi connectivity index (χ0n) is 79.2. The van der Waals surface area contributed by atoms with Crippen LogP contribution in [0.25, 0.3) is 0 Å². The van der Waals surface area contributed by atoms with Crippen molar-refractivity contribution in [2.45, 2.75) is 410 Å². The molecule has 0 aromatic rings. The van der Waals surface area contributed by atoms with Gasteiger partial charge in [-0.15, -0.1) is 0 Å². The van der Waals surface area contributed by atoms with Gasteiger partial charge in [0.2, 0.25) is 29.5 Å². The van der Waals surface area contributed by atoms with Gasteiger partial charge in [-0.25, -0.2) is 0 Å². The highest BCUT2D eigenvalue weighted by Gasteiger charge is 2.64. The fourth-order valence-corrected chi connectivity index (χ4v) is 19.2. The molecule has 0 saturated carbocycles. The number of rotatable bonds is 38. The van der Waals surface area contributed by atoms with E-state index in [0.29, 0.717) is 0 Å². The van der Waals surface area contributed by atoms with Crippen LogP contribution in [-0.4, -0.2) is 634 Å². The van der Waals surface area contributed by atoms with Crippen molar-refractivity contribution in [1.82, 2.24) is 26.6 Å². The molecule has 0 aliphatic carbocycles. The lowest BCUT2D eigenvalue weighted by atomic mass is 9.93. The first kappa shape index (κ1) is 121. The van der Waals surface area contributed by atoms with Crippen molar-refractivity contribution in [3.8, 4) is 0 Å². The van der Waals surface area contributed by atoms with E-state index >= 15 is 0 Å². The van der Waals surface area contributed by atoms with Gasteiger partial charge >= 0.3 is 0 Å². The monoisotopic (exact) mass is 2150 g/mol. The van der Waals surface area contributed by atoms with Crippen molar-refractivity contribution < 1.29 is 296 Å². The molecule has 850 valence electrons. The second-order valence-electron chi connectivity index (χ2n) is 37.3. The summed E-state index contributed by atoms with van der Waals surface area (Å²) in [6.07, 6.45) is -120. The SMILES string of the molecule is CC(=O)N[C@H]1[C@H](O[C@H]2[C@H](O)[C@@H](NC(C)=O)C(O)O[C@@H]2CO)O[C@H](CO)[C@@H](O[C@@H]2O[C@H](CO[C@H]3O[C@H](CO[C@@H]4O[C@H](CO)[C@@H](O[C@@H]5O[C@H](CO)[C@H](O)[C@H](O)[C@H]5O)[C@@H](O)[C@H]4NC(C)=O)[C@@H](O)[C@H](O)[C@@H]3O[C@@H]3O[C@H](CO)[C@@H](O[C@@H]4O[C@H](CO)[C@H](O)[C@H](O)[C@H]4O)[C@H](O[C@@H]4O[C@@H](C)[C@@H](O)[C@@H](O)[C@@H]4O)[C@H]3NC(C)=O)[C@@H](O)[C@H](O[C@H]3O[C@H](CO)[C@@H](O)[C@H](O)[C@@H]3O[C@@H]3O[C@H](CO)[C@@H](O[C@@H]4O[C@H](CO)[C@H](O)[C@H](O)[C@H]4O)[C@H](O)[C@H]3NC(C)=O)[C@@H]2O)[C@@H]1O. The van der Waals surface area contributed by atoms with E-state index in [0.717, 1.165) is 34.6 Å². The van der Waals surface area contributed by atoms with Crippen molar-refractivity contribution in [2.75, 3.05) is 72.7 Å². The Hall–Kier alpha value is -4.85. The Bertz CT molecular complexity index is 4110. The summed E-state index contributed by atoms with van der Waals surface area (Å²) in [4.78, 5) is 65.8. The third kappa shape index (κ3) is 26.8. The molecule has 12 aliphatic rings. The molecule has 12 saturated heterocycles. The van der Waals surface area contributed by atoms with E-state index in [-0.39, 0.29) is 0 Å². The Morgan fingerprint density at radius 1 is 0.190 bits per heavy atom. The van der Waals surface area contributed by atoms with Gasteiger partial charge in [-0.05, 0) is 6.92 Å². The number of aliphatic hydroxyl groups excluding tert-OH is 32. The molecular weight excluding hydrogens is 2010 g/mol. The van der Waals surface area contributed by atoms with Crippen LogP contribution in [0.4, 0.5) is 0 Å². The van der Waals surface area contributed by atoms with Crippen LogP contribution in [-0.2, 0) is 133 Å². The first-order valence-corrected chi connectivity index (χ1v) is 47.0. The maximum Gasteiger partial charge on any atom is 0.217 e. The molecule has 147 heavy (non-hydrogen) atoms. The van der Waals surface area contributed by atoms with E-state index in [4.69, 9.17) is 109 Å². The van der Waals surface area contributed by atoms with E-state index in [9.17, 15) is 187 Å². The second-order valence-corrected chi connectivity index (χ2v) is 37.3. The number of nitrogens with one attached hydrogen (secondary N) is 5. The molecule has 12 heterocycles. The molecule has 12 rings (SSSR count). The average molecular weight is 2150 g/mol.